The molecular weight excluding hydrogens is 264 g/mol. The summed E-state index contributed by atoms with van der Waals surface area (Å²) in [6, 6.07) is 11.8. The second kappa shape index (κ2) is 5.79. The number of furan rings is 1. The summed E-state index contributed by atoms with van der Waals surface area (Å²) >= 11 is 0. The van der Waals surface area contributed by atoms with Gasteiger partial charge in [0.05, 0.1) is 6.26 Å². The maximum Gasteiger partial charge on any atom is 0.275 e. The normalized spacial score (nSPS) is 16.1. The molecule has 0 saturated heterocycles. The molecular formula is C17H16N2O2. The van der Waals surface area contributed by atoms with Crippen LogP contribution < -0.4 is 5.32 Å². The summed E-state index contributed by atoms with van der Waals surface area (Å²) in [4.78, 5) is 16.3. The van der Waals surface area contributed by atoms with E-state index in [9.17, 15) is 4.79 Å². The Balaban J connectivity index is 1.71. The van der Waals surface area contributed by atoms with Gasteiger partial charge < -0.3 is 9.73 Å². The highest BCUT2D eigenvalue weighted by molar-refractivity contribution is 6.14. The van der Waals surface area contributed by atoms with Gasteiger partial charge in [-0.05, 0) is 30.7 Å². The lowest BCUT2D eigenvalue weighted by Gasteiger charge is -1.97. The van der Waals surface area contributed by atoms with Crippen LogP contribution in [0.3, 0.4) is 0 Å². The van der Waals surface area contributed by atoms with Crippen molar-refractivity contribution >= 4 is 17.8 Å². The number of rotatable bonds is 4. The van der Waals surface area contributed by atoms with Crippen molar-refractivity contribution in [2.45, 2.75) is 19.8 Å². The van der Waals surface area contributed by atoms with E-state index in [4.69, 9.17) is 4.42 Å². The van der Waals surface area contributed by atoms with Gasteiger partial charge in [0.1, 0.15) is 17.3 Å². The van der Waals surface area contributed by atoms with Gasteiger partial charge in [0.15, 0.2) is 0 Å². The lowest BCUT2D eigenvalue weighted by molar-refractivity contribution is -0.115. The first-order valence-electron chi connectivity index (χ1n) is 6.90. The molecule has 4 nitrogen and oxygen atoms in total. The molecule has 1 N–H and O–H groups in total. The summed E-state index contributed by atoms with van der Waals surface area (Å²) in [5.74, 6) is 1.43. The van der Waals surface area contributed by atoms with Crippen LogP contribution in [0.1, 0.15) is 23.3 Å². The van der Waals surface area contributed by atoms with Gasteiger partial charge in [0, 0.05) is 12.8 Å². The lowest BCUT2D eigenvalue weighted by Crippen LogP contribution is -2.24. The zero-order chi connectivity index (χ0) is 14.7. The minimum atomic E-state index is -0.148. The molecule has 4 heteroatoms. The van der Waals surface area contributed by atoms with E-state index in [0.717, 1.165) is 17.7 Å². The third-order valence-electron chi connectivity index (χ3n) is 3.31. The lowest BCUT2D eigenvalue weighted by atomic mass is 10.1. The smallest absolute Gasteiger partial charge is 0.275 e. The molecule has 1 aliphatic heterocycles. The van der Waals surface area contributed by atoms with Crippen LogP contribution in [0.15, 0.2) is 57.8 Å². The topological polar surface area (TPSA) is 54.6 Å². The highest BCUT2D eigenvalue weighted by atomic mass is 16.3. The van der Waals surface area contributed by atoms with Gasteiger partial charge in [-0.2, -0.15) is 0 Å². The predicted octanol–water partition coefficient (Wildman–Crippen LogP) is 3.09. The molecule has 2 heterocycles. The van der Waals surface area contributed by atoms with E-state index in [1.54, 1.807) is 12.3 Å². The molecule has 3 rings (SSSR count). The molecule has 0 aliphatic carbocycles. The standard InChI is InChI=1S/C17H16N2O2/c1-12-4-6-13(7-5-12)11-15-17(20)19-16(18-15)9-8-14-3-2-10-21-14/h2-7,10-11H,8-9H2,1H3,(H,18,19,20)/b15-11+. The molecule has 0 fully saturated rings. The van der Waals surface area contributed by atoms with Crippen LogP contribution in [0.5, 0.6) is 0 Å². The van der Waals surface area contributed by atoms with Crippen LogP contribution >= 0.6 is 0 Å². The molecule has 1 aliphatic rings. The Hall–Kier alpha value is -2.62. The average molecular weight is 280 g/mol. The van der Waals surface area contributed by atoms with Crippen LogP contribution in [0.4, 0.5) is 0 Å². The number of carbonyl (C=O) groups is 1. The zero-order valence-corrected chi connectivity index (χ0v) is 11.8. The molecule has 21 heavy (non-hydrogen) atoms. The van der Waals surface area contributed by atoms with Gasteiger partial charge in [-0.3, -0.25) is 4.79 Å². The Morgan fingerprint density at radius 3 is 2.71 bits per heavy atom. The molecule has 0 bridgehead atoms. The second-order valence-electron chi connectivity index (χ2n) is 5.03. The summed E-state index contributed by atoms with van der Waals surface area (Å²) in [5, 5.41) is 2.80. The Kier molecular flexibility index (Phi) is 3.69. The molecule has 1 amide bonds. The van der Waals surface area contributed by atoms with E-state index < -0.39 is 0 Å². The second-order valence-corrected chi connectivity index (χ2v) is 5.03. The fraction of sp³-hybridized carbons (Fsp3) is 0.176. The molecule has 106 valence electrons. The number of amidine groups is 1. The van der Waals surface area contributed by atoms with Gasteiger partial charge in [-0.15, -0.1) is 0 Å². The average Bonchev–Trinajstić information content (AvgIpc) is 3.10. The Morgan fingerprint density at radius 1 is 1.19 bits per heavy atom. The molecule has 0 saturated carbocycles. The Labute approximate surface area is 123 Å². The highest BCUT2D eigenvalue weighted by Gasteiger charge is 2.19. The van der Waals surface area contributed by atoms with Gasteiger partial charge in [-0.1, -0.05) is 29.8 Å². The van der Waals surface area contributed by atoms with Gasteiger partial charge in [0.25, 0.3) is 5.91 Å². The van der Waals surface area contributed by atoms with Crippen LogP contribution in [-0.2, 0) is 11.2 Å². The predicted molar refractivity (Wildman–Crippen MR) is 81.8 cm³/mol. The number of amides is 1. The van der Waals surface area contributed by atoms with Crippen molar-refractivity contribution in [1.82, 2.24) is 5.32 Å². The summed E-state index contributed by atoms with van der Waals surface area (Å²) < 4.78 is 5.27. The SMILES string of the molecule is Cc1ccc(/C=C2/N=C(CCc3ccco3)NC2=O)cc1. The number of benzene rings is 1. The van der Waals surface area contributed by atoms with E-state index in [0.29, 0.717) is 18.0 Å². The van der Waals surface area contributed by atoms with Crippen molar-refractivity contribution in [2.24, 2.45) is 4.99 Å². The number of aliphatic imine (C=N–C) groups is 1. The van der Waals surface area contributed by atoms with Crippen LogP contribution in [0.2, 0.25) is 0 Å². The van der Waals surface area contributed by atoms with Crippen molar-refractivity contribution < 1.29 is 9.21 Å². The number of aryl methyl sites for hydroxylation is 2. The number of nitrogens with zero attached hydrogens (tertiary/aromatic N) is 1. The van der Waals surface area contributed by atoms with Crippen molar-refractivity contribution in [3.63, 3.8) is 0 Å². The fourth-order valence-corrected chi connectivity index (χ4v) is 2.15. The summed E-state index contributed by atoms with van der Waals surface area (Å²) in [6.07, 6.45) is 4.83. The van der Waals surface area contributed by atoms with Crippen LogP contribution in [-0.4, -0.2) is 11.7 Å². The monoisotopic (exact) mass is 280 g/mol. The number of hydrogen-bond acceptors (Lipinski definition) is 3. The first-order chi connectivity index (χ1) is 10.2. The number of nitrogens with one attached hydrogen (secondary N) is 1. The van der Waals surface area contributed by atoms with Gasteiger partial charge >= 0.3 is 0 Å². The minimum Gasteiger partial charge on any atom is -0.469 e. The van der Waals surface area contributed by atoms with E-state index in [1.807, 2.05) is 43.3 Å². The molecule has 1 aromatic heterocycles. The Bertz CT molecular complexity index is 695. The van der Waals surface area contributed by atoms with E-state index in [-0.39, 0.29) is 5.91 Å². The van der Waals surface area contributed by atoms with Crippen molar-refractivity contribution in [3.8, 4) is 0 Å². The summed E-state index contributed by atoms with van der Waals surface area (Å²) in [7, 11) is 0. The molecule has 0 radical (unpaired) electrons. The molecule has 0 unspecified atom stereocenters. The van der Waals surface area contributed by atoms with Crippen LogP contribution in [0.25, 0.3) is 6.08 Å². The zero-order valence-electron chi connectivity index (χ0n) is 11.8. The molecule has 0 spiro atoms. The van der Waals surface area contributed by atoms with E-state index >= 15 is 0 Å². The largest absolute Gasteiger partial charge is 0.469 e. The minimum absolute atomic E-state index is 0.148. The van der Waals surface area contributed by atoms with E-state index in [2.05, 4.69) is 10.3 Å². The van der Waals surface area contributed by atoms with Crippen molar-refractivity contribution in [2.75, 3.05) is 0 Å². The Morgan fingerprint density at radius 2 is 2.00 bits per heavy atom. The third-order valence-corrected chi connectivity index (χ3v) is 3.31. The first kappa shape index (κ1) is 13.4. The third kappa shape index (κ3) is 3.28. The first-order valence-corrected chi connectivity index (χ1v) is 6.90. The van der Waals surface area contributed by atoms with Gasteiger partial charge in [-0.25, -0.2) is 4.99 Å². The highest BCUT2D eigenvalue weighted by Crippen LogP contribution is 2.14. The van der Waals surface area contributed by atoms with Gasteiger partial charge in [0.2, 0.25) is 0 Å². The van der Waals surface area contributed by atoms with Crippen LogP contribution in [0, 0.1) is 6.92 Å². The molecule has 2 aromatic rings. The molecule has 1 aromatic carbocycles. The van der Waals surface area contributed by atoms with Crippen molar-refractivity contribution in [3.05, 3.63) is 65.2 Å². The van der Waals surface area contributed by atoms with Crippen molar-refractivity contribution in [1.29, 1.82) is 0 Å². The summed E-state index contributed by atoms with van der Waals surface area (Å²) in [6.45, 7) is 2.03. The maximum absolute atomic E-state index is 11.9. The number of hydrogen-bond donors (Lipinski definition) is 1. The maximum atomic E-state index is 11.9. The fourth-order valence-electron chi connectivity index (χ4n) is 2.15. The molecule has 0 atom stereocenters. The summed E-state index contributed by atoms with van der Waals surface area (Å²) in [5.41, 5.74) is 2.62. The van der Waals surface area contributed by atoms with E-state index in [1.165, 1.54) is 5.56 Å². The number of carbonyl (C=O) groups excluding carboxylic acids is 1. The quantitative estimate of drug-likeness (QED) is 0.875.